The van der Waals surface area contributed by atoms with Crippen LogP contribution in [0.15, 0.2) is 4.99 Å². The van der Waals surface area contributed by atoms with E-state index in [0.29, 0.717) is 19.1 Å². The molecule has 1 saturated carbocycles. The Bertz CT molecular complexity index is 254. The Morgan fingerprint density at radius 3 is 2.44 bits per heavy atom. The minimum atomic E-state index is -0.0530. The first kappa shape index (κ1) is 12.8. The van der Waals surface area contributed by atoms with Gasteiger partial charge in [0, 0.05) is 6.54 Å². The highest BCUT2D eigenvalue weighted by Gasteiger charge is 2.26. The maximum atomic E-state index is 11.5. The van der Waals surface area contributed by atoms with Crippen LogP contribution in [-0.2, 0) is 9.53 Å². The molecule has 0 spiro atoms. The summed E-state index contributed by atoms with van der Waals surface area (Å²) in [5.74, 6) is 0.679. The molecule has 1 aliphatic rings. The van der Waals surface area contributed by atoms with Crippen molar-refractivity contribution in [3.8, 4) is 0 Å². The Morgan fingerprint density at radius 2 is 1.94 bits per heavy atom. The van der Waals surface area contributed by atoms with Gasteiger partial charge in [0.2, 0.25) is 0 Å². The monoisotopic (exact) mass is 227 g/mol. The third-order valence-electron chi connectivity index (χ3n) is 3.00. The lowest BCUT2D eigenvalue weighted by Gasteiger charge is -2.25. The molecule has 0 radical (unpaired) electrons. The largest absolute Gasteiger partial charge is 0.466 e. The van der Waals surface area contributed by atoms with Gasteiger partial charge in [0.05, 0.1) is 12.5 Å². The van der Waals surface area contributed by atoms with Gasteiger partial charge in [-0.1, -0.05) is 0 Å². The second-order valence-electron chi connectivity index (χ2n) is 4.24. The summed E-state index contributed by atoms with van der Waals surface area (Å²) in [6.45, 7) is 2.98. The fourth-order valence-electron chi connectivity index (χ4n) is 2.08. The highest BCUT2D eigenvalue weighted by molar-refractivity contribution is 5.75. The van der Waals surface area contributed by atoms with Crippen LogP contribution < -0.4 is 11.5 Å². The number of aliphatic imine (C=N–C) groups is 1. The summed E-state index contributed by atoms with van der Waals surface area (Å²) in [5, 5.41) is 0. The van der Waals surface area contributed by atoms with E-state index in [-0.39, 0.29) is 17.8 Å². The van der Waals surface area contributed by atoms with Gasteiger partial charge in [-0.2, -0.15) is 0 Å². The summed E-state index contributed by atoms with van der Waals surface area (Å²) in [6.07, 6.45) is 3.79. The summed E-state index contributed by atoms with van der Waals surface area (Å²) in [5.41, 5.74) is 10.6. The zero-order valence-corrected chi connectivity index (χ0v) is 9.82. The van der Waals surface area contributed by atoms with Crippen LogP contribution in [0.1, 0.15) is 32.6 Å². The number of guanidine groups is 1. The van der Waals surface area contributed by atoms with Gasteiger partial charge < -0.3 is 16.2 Å². The molecule has 0 aromatic rings. The van der Waals surface area contributed by atoms with Gasteiger partial charge in [-0.05, 0) is 38.5 Å². The number of nitrogens with two attached hydrogens (primary N) is 2. The summed E-state index contributed by atoms with van der Waals surface area (Å²) in [7, 11) is 0. The van der Waals surface area contributed by atoms with Crippen LogP contribution in [0, 0.1) is 11.8 Å². The van der Waals surface area contributed by atoms with Crippen molar-refractivity contribution in [3.63, 3.8) is 0 Å². The van der Waals surface area contributed by atoms with Crippen molar-refractivity contribution < 1.29 is 9.53 Å². The number of ether oxygens (including phenoxy) is 1. The van der Waals surface area contributed by atoms with E-state index in [1.54, 1.807) is 0 Å². The smallest absolute Gasteiger partial charge is 0.308 e. The second kappa shape index (κ2) is 6.35. The fourth-order valence-corrected chi connectivity index (χ4v) is 2.08. The van der Waals surface area contributed by atoms with Crippen LogP contribution in [0.4, 0.5) is 0 Å². The Balaban J connectivity index is 2.28. The molecule has 1 aliphatic carbocycles. The number of carbonyl (C=O) groups is 1. The minimum absolute atomic E-state index is 0.0530. The lowest BCUT2D eigenvalue weighted by molar-refractivity contribution is -0.149. The number of esters is 1. The van der Waals surface area contributed by atoms with E-state index in [0.717, 1.165) is 25.7 Å². The highest BCUT2D eigenvalue weighted by atomic mass is 16.5. The Labute approximate surface area is 96.2 Å². The van der Waals surface area contributed by atoms with Crippen LogP contribution in [0.25, 0.3) is 0 Å². The Hall–Kier alpha value is -1.26. The van der Waals surface area contributed by atoms with Crippen molar-refractivity contribution in [2.24, 2.45) is 28.3 Å². The number of carbonyl (C=O) groups excluding carboxylic acids is 1. The molecule has 16 heavy (non-hydrogen) atoms. The van der Waals surface area contributed by atoms with E-state index in [2.05, 4.69) is 4.99 Å². The van der Waals surface area contributed by atoms with Gasteiger partial charge >= 0.3 is 5.97 Å². The van der Waals surface area contributed by atoms with Gasteiger partial charge in [0.25, 0.3) is 0 Å². The highest BCUT2D eigenvalue weighted by Crippen LogP contribution is 2.29. The van der Waals surface area contributed by atoms with Gasteiger partial charge in [0.1, 0.15) is 0 Å². The molecule has 4 N–H and O–H groups in total. The summed E-state index contributed by atoms with van der Waals surface area (Å²) < 4.78 is 5.01. The topological polar surface area (TPSA) is 90.7 Å². The summed E-state index contributed by atoms with van der Waals surface area (Å²) >= 11 is 0. The molecule has 0 amide bonds. The number of hydrogen-bond acceptors (Lipinski definition) is 3. The van der Waals surface area contributed by atoms with E-state index in [1.807, 2.05) is 6.92 Å². The molecule has 0 atom stereocenters. The zero-order valence-electron chi connectivity index (χ0n) is 9.82. The van der Waals surface area contributed by atoms with Crippen LogP contribution in [0.3, 0.4) is 0 Å². The number of nitrogens with zero attached hydrogens (tertiary/aromatic N) is 1. The van der Waals surface area contributed by atoms with Crippen LogP contribution in [0.2, 0.25) is 0 Å². The molecule has 0 aromatic carbocycles. The molecule has 1 fully saturated rings. The molecule has 0 unspecified atom stereocenters. The van der Waals surface area contributed by atoms with E-state index in [1.165, 1.54) is 0 Å². The average Bonchev–Trinajstić information content (AvgIpc) is 2.27. The third kappa shape index (κ3) is 4.08. The molecule has 0 aromatic heterocycles. The molecule has 5 nitrogen and oxygen atoms in total. The number of hydrogen-bond donors (Lipinski definition) is 2. The molecule has 92 valence electrons. The maximum absolute atomic E-state index is 11.5. The van der Waals surface area contributed by atoms with Crippen LogP contribution in [0.5, 0.6) is 0 Å². The van der Waals surface area contributed by atoms with Crippen molar-refractivity contribution in [3.05, 3.63) is 0 Å². The quantitative estimate of drug-likeness (QED) is 0.418. The van der Waals surface area contributed by atoms with Gasteiger partial charge in [-0.3, -0.25) is 9.79 Å². The Kier molecular flexibility index (Phi) is 5.08. The summed E-state index contributed by atoms with van der Waals surface area (Å²) in [4.78, 5) is 15.5. The van der Waals surface area contributed by atoms with Crippen molar-refractivity contribution in [2.75, 3.05) is 13.2 Å². The first-order valence-electron chi connectivity index (χ1n) is 5.85. The molecule has 0 aliphatic heterocycles. The number of rotatable bonds is 4. The van der Waals surface area contributed by atoms with Crippen LogP contribution in [-0.4, -0.2) is 25.1 Å². The molecular weight excluding hydrogens is 206 g/mol. The van der Waals surface area contributed by atoms with Crippen LogP contribution >= 0.6 is 0 Å². The lowest BCUT2D eigenvalue weighted by atomic mass is 9.82. The normalized spacial score (nSPS) is 24.8. The van der Waals surface area contributed by atoms with Crippen molar-refractivity contribution >= 4 is 11.9 Å². The SMILES string of the molecule is CCOC(=O)C1CCC(CN=C(N)N)CC1. The second-order valence-corrected chi connectivity index (χ2v) is 4.24. The van der Waals surface area contributed by atoms with E-state index in [9.17, 15) is 4.79 Å². The lowest BCUT2D eigenvalue weighted by Crippen LogP contribution is -2.27. The van der Waals surface area contributed by atoms with Crippen molar-refractivity contribution in [1.29, 1.82) is 0 Å². The van der Waals surface area contributed by atoms with Gasteiger partial charge in [0.15, 0.2) is 5.96 Å². The van der Waals surface area contributed by atoms with Gasteiger partial charge in [-0.25, -0.2) is 0 Å². The van der Waals surface area contributed by atoms with E-state index in [4.69, 9.17) is 16.2 Å². The molecule has 0 bridgehead atoms. The zero-order chi connectivity index (χ0) is 12.0. The average molecular weight is 227 g/mol. The minimum Gasteiger partial charge on any atom is -0.466 e. The first-order valence-corrected chi connectivity index (χ1v) is 5.85. The third-order valence-corrected chi connectivity index (χ3v) is 3.00. The molecule has 0 saturated heterocycles. The van der Waals surface area contributed by atoms with Crippen molar-refractivity contribution in [2.45, 2.75) is 32.6 Å². The molecule has 1 rings (SSSR count). The predicted molar refractivity (Wildman–Crippen MR) is 62.8 cm³/mol. The van der Waals surface area contributed by atoms with Crippen molar-refractivity contribution in [1.82, 2.24) is 0 Å². The first-order chi connectivity index (χ1) is 7.63. The fraction of sp³-hybridized carbons (Fsp3) is 0.818. The Morgan fingerprint density at radius 1 is 1.31 bits per heavy atom. The molecule has 0 heterocycles. The standard InChI is InChI=1S/C11H21N3O2/c1-2-16-10(15)9-5-3-8(4-6-9)7-14-11(12)13/h8-9H,2-7H2,1H3,(H4,12,13,14). The molecular formula is C11H21N3O2. The maximum Gasteiger partial charge on any atom is 0.308 e. The van der Waals surface area contributed by atoms with Gasteiger partial charge in [-0.15, -0.1) is 0 Å². The summed E-state index contributed by atoms with van der Waals surface area (Å²) in [6, 6.07) is 0. The predicted octanol–water partition coefficient (Wildman–Crippen LogP) is 0.629. The van der Waals surface area contributed by atoms with E-state index >= 15 is 0 Å². The van der Waals surface area contributed by atoms with E-state index < -0.39 is 0 Å². The molecule has 5 heteroatoms.